The summed E-state index contributed by atoms with van der Waals surface area (Å²) >= 11 is 0. The number of nitrogens with zero attached hydrogens (tertiary/aromatic N) is 1. The van der Waals surface area contributed by atoms with Crippen molar-refractivity contribution in [3.63, 3.8) is 0 Å². The standard InChI is InChI=1S/C16H34N2O2S/c1-5-18(6-2)16(12-8-9-13-16)15(17-4)11-10-14-21(19,20)7-3/h15,17H,5-14H2,1-4H3. The Kier molecular flexibility index (Phi) is 7.65. The molecular weight excluding hydrogens is 284 g/mol. The van der Waals surface area contributed by atoms with Crippen LogP contribution in [0.4, 0.5) is 0 Å². The molecule has 1 rings (SSSR count). The number of hydrogen-bond acceptors (Lipinski definition) is 4. The Morgan fingerprint density at radius 1 is 1.14 bits per heavy atom. The molecule has 0 saturated heterocycles. The van der Waals surface area contributed by atoms with E-state index < -0.39 is 9.84 Å². The Hall–Kier alpha value is -0.130. The lowest BCUT2D eigenvalue weighted by Gasteiger charge is -2.46. The van der Waals surface area contributed by atoms with Crippen LogP contribution in [0.25, 0.3) is 0 Å². The van der Waals surface area contributed by atoms with Gasteiger partial charge in [0.15, 0.2) is 0 Å². The molecule has 0 aromatic carbocycles. The first kappa shape index (κ1) is 18.9. The number of likely N-dealkylation sites (N-methyl/N-ethyl adjacent to an activating group) is 2. The van der Waals surface area contributed by atoms with Crippen LogP contribution in [0, 0.1) is 0 Å². The zero-order valence-corrected chi connectivity index (χ0v) is 15.1. The highest BCUT2D eigenvalue weighted by Gasteiger charge is 2.43. The summed E-state index contributed by atoms with van der Waals surface area (Å²) in [7, 11) is -0.809. The number of hydrogen-bond donors (Lipinski definition) is 1. The van der Waals surface area contributed by atoms with E-state index in [-0.39, 0.29) is 11.3 Å². The summed E-state index contributed by atoms with van der Waals surface area (Å²) < 4.78 is 23.4. The van der Waals surface area contributed by atoms with Gasteiger partial charge in [-0.3, -0.25) is 4.90 Å². The molecule has 0 aromatic heterocycles. The first-order valence-electron chi connectivity index (χ1n) is 8.58. The smallest absolute Gasteiger partial charge is 0.150 e. The molecule has 1 unspecified atom stereocenters. The van der Waals surface area contributed by atoms with Crippen molar-refractivity contribution in [2.24, 2.45) is 0 Å². The third-order valence-corrected chi connectivity index (χ3v) is 7.04. The lowest BCUT2D eigenvalue weighted by Crippen LogP contribution is -2.59. The minimum atomic E-state index is -2.84. The Labute approximate surface area is 131 Å². The molecule has 0 radical (unpaired) electrons. The van der Waals surface area contributed by atoms with Gasteiger partial charge in [0.1, 0.15) is 9.84 Å². The number of sulfone groups is 1. The predicted molar refractivity (Wildman–Crippen MR) is 90.5 cm³/mol. The number of nitrogens with one attached hydrogen (secondary N) is 1. The van der Waals surface area contributed by atoms with Crippen molar-refractivity contribution in [1.82, 2.24) is 10.2 Å². The third-order valence-electron chi connectivity index (χ3n) is 5.25. The molecule has 0 heterocycles. The molecule has 1 aliphatic rings. The van der Waals surface area contributed by atoms with Gasteiger partial charge < -0.3 is 5.32 Å². The van der Waals surface area contributed by atoms with Crippen molar-refractivity contribution in [2.75, 3.05) is 31.6 Å². The third kappa shape index (κ3) is 4.67. The van der Waals surface area contributed by atoms with Gasteiger partial charge in [-0.1, -0.05) is 33.6 Å². The maximum Gasteiger partial charge on any atom is 0.150 e. The van der Waals surface area contributed by atoms with E-state index in [1.807, 2.05) is 7.05 Å². The molecule has 1 N–H and O–H groups in total. The minimum Gasteiger partial charge on any atom is -0.315 e. The van der Waals surface area contributed by atoms with Crippen molar-refractivity contribution >= 4 is 9.84 Å². The fraction of sp³-hybridized carbons (Fsp3) is 1.00. The molecule has 126 valence electrons. The van der Waals surface area contributed by atoms with Crippen LogP contribution in [0.15, 0.2) is 0 Å². The Bertz CT molecular complexity index is 385. The molecule has 1 aliphatic carbocycles. The maximum absolute atomic E-state index is 11.7. The largest absolute Gasteiger partial charge is 0.315 e. The van der Waals surface area contributed by atoms with Crippen molar-refractivity contribution in [2.45, 2.75) is 70.9 Å². The molecule has 0 aromatic rings. The fourth-order valence-corrected chi connectivity index (χ4v) is 4.95. The van der Waals surface area contributed by atoms with E-state index in [1.54, 1.807) is 6.92 Å². The maximum atomic E-state index is 11.7. The predicted octanol–water partition coefficient (Wildman–Crippen LogP) is 2.44. The van der Waals surface area contributed by atoms with Crippen molar-refractivity contribution < 1.29 is 8.42 Å². The van der Waals surface area contributed by atoms with E-state index in [9.17, 15) is 8.42 Å². The summed E-state index contributed by atoms with van der Waals surface area (Å²) in [5.41, 5.74) is 0.230. The van der Waals surface area contributed by atoms with Gasteiger partial charge in [-0.15, -0.1) is 0 Å². The van der Waals surface area contributed by atoms with Gasteiger partial charge in [-0.2, -0.15) is 0 Å². The molecule has 1 fully saturated rings. The summed E-state index contributed by atoms with van der Waals surface area (Å²) in [6, 6.07) is 0.395. The summed E-state index contributed by atoms with van der Waals surface area (Å²) in [4.78, 5) is 2.59. The van der Waals surface area contributed by atoms with E-state index in [0.29, 0.717) is 11.8 Å². The van der Waals surface area contributed by atoms with E-state index in [1.165, 1.54) is 25.7 Å². The summed E-state index contributed by atoms with van der Waals surface area (Å²) in [6.45, 7) is 8.35. The van der Waals surface area contributed by atoms with Crippen LogP contribution in [-0.4, -0.2) is 56.5 Å². The molecule has 0 bridgehead atoms. The monoisotopic (exact) mass is 318 g/mol. The molecule has 0 aliphatic heterocycles. The minimum absolute atomic E-state index is 0.230. The highest BCUT2D eigenvalue weighted by atomic mass is 32.2. The topological polar surface area (TPSA) is 49.4 Å². The van der Waals surface area contributed by atoms with Crippen LogP contribution < -0.4 is 5.32 Å². The molecule has 1 saturated carbocycles. The van der Waals surface area contributed by atoms with Crippen LogP contribution in [0.3, 0.4) is 0 Å². The average molecular weight is 319 g/mol. The van der Waals surface area contributed by atoms with E-state index in [2.05, 4.69) is 24.1 Å². The highest BCUT2D eigenvalue weighted by Crippen LogP contribution is 2.39. The van der Waals surface area contributed by atoms with E-state index in [0.717, 1.165) is 25.9 Å². The van der Waals surface area contributed by atoms with Crippen LogP contribution in [0.1, 0.15) is 59.3 Å². The van der Waals surface area contributed by atoms with Gasteiger partial charge in [-0.25, -0.2) is 8.42 Å². The molecule has 1 atom stereocenters. The van der Waals surface area contributed by atoms with Gasteiger partial charge >= 0.3 is 0 Å². The van der Waals surface area contributed by atoms with Crippen LogP contribution in [0.2, 0.25) is 0 Å². The van der Waals surface area contributed by atoms with Crippen molar-refractivity contribution in [3.05, 3.63) is 0 Å². The molecule has 0 spiro atoms. The van der Waals surface area contributed by atoms with Crippen LogP contribution in [-0.2, 0) is 9.84 Å². The normalized spacial score (nSPS) is 20.0. The SMILES string of the molecule is CCN(CC)C1(C(CCCS(=O)(=O)CC)NC)CCCC1. The number of rotatable bonds is 10. The summed E-state index contributed by atoms with van der Waals surface area (Å²) in [5, 5.41) is 3.50. The van der Waals surface area contributed by atoms with Crippen molar-refractivity contribution in [3.8, 4) is 0 Å². The summed E-state index contributed by atoms with van der Waals surface area (Å²) in [6.07, 6.45) is 6.78. The first-order valence-corrected chi connectivity index (χ1v) is 10.4. The van der Waals surface area contributed by atoms with Crippen LogP contribution in [0.5, 0.6) is 0 Å². The first-order chi connectivity index (χ1) is 9.95. The van der Waals surface area contributed by atoms with Gasteiger partial charge in [-0.05, 0) is 45.8 Å². The van der Waals surface area contributed by atoms with Crippen molar-refractivity contribution in [1.29, 1.82) is 0 Å². The molecule has 0 amide bonds. The lowest BCUT2D eigenvalue weighted by atomic mass is 9.83. The molecule has 4 nitrogen and oxygen atoms in total. The Morgan fingerprint density at radius 3 is 2.14 bits per heavy atom. The fourth-order valence-electron chi connectivity index (χ4n) is 4.06. The summed E-state index contributed by atoms with van der Waals surface area (Å²) in [5.74, 6) is 0.592. The lowest BCUT2D eigenvalue weighted by molar-refractivity contribution is 0.0623. The molecular formula is C16H34N2O2S. The van der Waals surface area contributed by atoms with Gasteiger partial charge in [0.25, 0.3) is 0 Å². The Balaban J connectivity index is 2.74. The molecule has 21 heavy (non-hydrogen) atoms. The van der Waals surface area contributed by atoms with E-state index >= 15 is 0 Å². The van der Waals surface area contributed by atoms with Gasteiger partial charge in [0, 0.05) is 17.3 Å². The van der Waals surface area contributed by atoms with Crippen LogP contribution >= 0.6 is 0 Å². The van der Waals surface area contributed by atoms with E-state index in [4.69, 9.17) is 0 Å². The highest BCUT2D eigenvalue weighted by molar-refractivity contribution is 7.91. The second-order valence-electron chi connectivity index (χ2n) is 6.20. The second-order valence-corrected chi connectivity index (χ2v) is 8.68. The zero-order valence-electron chi connectivity index (χ0n) is 14.3. The second kappa shape index (κ2) is 8.49. The van der Waals surface area contributed by atoms with Gasteiger partial charge in [0.05, 0.1) is 5.75 Å². The Morgan fingerprint density at radius 2 is 1.71 bits per heavy atom. The molecule has 5 heteroatoms. The average Bonchev–Trinajstić information content (AvgIpc) is 2.95. The van der Waals surface area contributed by atoms with Gasteiger partial charge in [0.2, 0.25) is 0 Å². The quantitative estimate of drug-likeness (QED) is 0.672. The zero-order chi connectivity index (χ0) is 15.9.